The van der Waals surface area contributed by atoms with Gasteiger partial charge in [-0.15, -0.1) is 0 Å². The summed E-state index contributed by atoms with van der Waals surface area (Å²) in [5.74, 6) is -0.0154. The van der Waals surface area contributed by atoms with Crippen LogP contribution in [0.5, 0.6) is 0 Å². The molecule has 0 saturated heterocycles. The van der Waals surface area contributed by atoms with Crippen LogP contribution in [0.3, 0.4) is 0 Å². The van der Waals surface area contributed by atoms with E-state index in [2.05, 4.69) is 26.8 Å². The summed E-state index contributed by atoms with van der Waals surface area (Å²) in [6.45, 7) is 7.24. The molecule has 0 fully saturated rings. The Morgan fingerprint density at radius 3 is 1.96 bits per heavy atom. The topological polar surface area (TPSA) is 26.3 Å². The van der Waals surface area contributed by atoms with Crippen LogP contribution in [0.25, 0.3) is 0 Å². The van der Waals surface area contributed by atoms with Gasteiger partial charge in [0.05, 0.1) is 6.61 Å². The monoisotopic (exact) mass is 352 g/mol. The highest BCUT2D eigenvalue weighted by molar-refractivity contribution is 5.69. The van der Waals surface area contributed by atoms with Gasteiger partial charge in [-0.2, -0.15) is 0 Å². The van der Waals surface area contributed by atoms with Crippen LogP contribution in [0, 0.1) is 0 Å². The average Bonchev–Trinajstić information content (AvgIpc) is 2.61. The maximum atomic E-state index is 11.7. The predicted octanol–water partition coefficient (Wildman–Crippen LogP) is 7.76. The zero-order valence-corrected chi connectivity index (χ0v) is 17.4. The predicted molar refractivity (Wildman–Crippen MR) is 110 cm³/mol. The minimum atomic E-state index is -0.0154. The van der Waals surface area contributed by atoms with Crippen molar-refractivity contribution < 1.29 is 9.53 Å². The van der Waals surface area contributed by atoms with Gasteiger partial charge in [0.15, 0.2) is 0 Å². The Bertz CT molecular complexity index is 320. The Morgan fingerprint density at radius 1 is 0.680 bits per heavy atom. The highest BCUT2D eigenvalue weighted by atomic mass is 16.5. The van der Waals surface area contributed by atoms with Crippen LogP contribution in [-0.2, 0) is 9.53 Å². The molecule has 0 saturated carbocycles. The van der Waals surface area contributed by atoms with E-state index in [1.54, 1.807) is 0 Å². The van der Waals surface area contributed by atoms with E-state index in [-0.39, 0.29) is 5.97 Å². The molecule has 0 aliphatic heterocycles. The summed E-state index contributed by atoms with van der Waals surface area (Å²) in [4.78, 5) is 11.7. The molecule has 0 heterocycles. The molecule has 0 rings (SSSR count). The number of rotatable bonds is 18. The number of allylic oxidation sites excluding steroid dienone is 1. The second-order valence-corrected chi connectivity index (χ2v) is 7.30. The van der Waals surface area contributed by atoms with Gasteiger partial charge in [-0.25, -0.2) is 0 Å². The molecular weight excluding hydrogens is 308 g/mol. The maximum absolute atomic E-state index is 11.7. The fraction of sp³-hybridized carbons (Fsp3) is 0.870. The molecule has 0 radical (unpaired) electrons. The standard InChI is InChI=1S/C23H44O2/c1-4-7-10-12-13-16-18-22(17-15-11-8-5-2)20-21-25-23(24)19-14-9-6-3/h17H,4-16,18-21H2,1-3H3/b22-17+. The third-order valence-corrected chi connectivity index (χ3v) is 4.76. The molecule has 0 aromatic rings. The first-order valence-corrected chi connectivity index (χ1v) is 11.1. The van der Waals surface area contributed by atoms with Gasteiger partial charge in [0, 0.05) is 12.8 Å². The van der Waals surface area contributed by atoms with Gasteiger partial charge >= 0.3 is 5.97 Å². The Kier molecular flexibility index (Phi) is 18.9. The number of carbonyl (C=O) groups is 1. The molecule has 0 amide bonds. The molecule has 0 aromatic heterocycles. The van der Waals surface area contributed by atoms with Crippen LogP contribution in [0.15, 0.2) is 11.6 Å². The summed E-state index contributed by atoms with van der Waals surface area (Å²) in [6.07, 6.45) is 21.5. The number of hydrogen-bond acceptors (Lipinski definition) is 2. The largest absolute Gasteiger partial charge is 0.465 e. The van der Waals surface area contributed by atoms with E-state index in [4.69, 9.17) is 4.74 Å². The van der Waals surface area contributed by atoms with Gasteiger partial charge in [-0.3, -0.25) is 4.79 Å². The smallest absolute Gasteiger partial charge is 0.305 e. The van der Waals surface area contributed by atoms with E-state index < -0.39 is 0 Å². The molecule has 0 spiro atoms. The molecule has 2 nitrogen and oxygen atoms in total. The zero-order valence-electron chi connectivity index (χ0n) is 17.4. The van der Waals surface area contributed by atoms with Gasteiger partial charge < -0.3 is 4.74 Å². The highest BCUT2D eigenvalue weighted by Crippen LogP contribution is 2.17. The minimum Gasteiger partial charge on any atom is -0.465 e. The van der Waals surface area contributed by atoms with Crippen molar-refractivity contribution in [1.82, 2.24) is 0 Å². The van der Waals surface area contributed by atoms with E-state index in [0.717, 1.165) is 25.7 Å². The molecule has 0 aromatic carbocycles. The quantitative estimate of drug-likeness (QED) is 0.143. The Morgan fingerprint density at radius 2 is 1.24 bits per heavy atom. The van der Waals surface area contributed by atoms with E-state index in [9.17, 15) is 4.79 Å². The molecule has 0 aliphatic carbocycles. The first-order chi connectivity index (χ1) is 12.2. The van der Waals surface area contributed by atoms with E-state index in [0.29, 0.717) is 13.0 Å². The maximum Gasteiger partial charge on any atom is 0.305 e. The number of hydrogen-bond donors (Lipinski definition) is 0. The van der Waals surface area contributed by atoms with Crippen LogP contribution in [0.4, 0.5) is 0 Å². The van der Waals surface area contributed by atoms with Crippen molar-refractivity contribution in [2.24, 2.45) is 0 Å². The summed E-state index contributed by atoms with van der Waals surface area (Å²) in [5.41, 5.74) is 1.51. The summed E-state index contributed by atoms with van der Waals surface area (Å²) in [7, 11) is 0. The molecule has 0 N–H and O–H groups in total. The Labute approximate surface area is 157 Å². The molecule has 0 atom stereocenters. The summed E-state index contributed by atoms with van der Waals surface area (Å²) < 4.78 is 5.43. The van der Waals surface area contributed by atoms with E-state index in [1.807, 2.05) is 0 Å². The fourth-order valence-corrected chi connectivity index (χ4v) is 3.05. The number of esters is 1. The van der Waals surface area contributed by atoms with Crippen LogP contribution in [0.1, 0.15) is 124 Å². The van der Waals surface area contributed by atoms with Crippen molar-refractivity contribution in [2.75, 3.05) is 6.61 Å². The SMILES string of the molecule is CCCCC/C=C(\CCCCCCCC)CCOC(=O)CCCCC. The van der Waals surface area contributed by atoms with Crippen LogP contribution in [-0.4, -0.2) is 12.6 Å². The van der Waals surface area contributed by atoms with Gasteiger partial charge in [0.25, 0.3) is 0 Å². The second-order valence-electron chi connectivity index (χ2n) is 7.30. The van der Waals surface area contributed by atoms with Crippen molar-refractivity contribution in [2.45, 2.75) is 124 Å². The molecule has 148 valence electrons. The average molecular weight is 353 g/mol. The van der Waals surface area contributed by atoms with Crippen LogP contribution in [0.2, 0.25) is 0 Å². The van der Waals surface area contributed by atoms with Crippen molar-refractivity contribution in [3.63, 3.8) is 0 Å². The highest BCUT2D eigenvalue weighted by Gasteiger charge is 2.04. The van der Waals surface area contributed by atoms with E-state index >= 15 is 0 Å². The summed E-state index contributed by atoms with van der Waals surface area (Å²) in [6, 6.07) is 0. The molecule has 25 heavy (non-hydrogen) atoms. The Hall–Kier alpha value is -0.790. The zero-order chi connectivity index (χ0) is 18.6. The first kappa shape index (κ1) is 24.2. The van der Waals surface area contributed by atoms with Crippen molar-refractivity contribution >= 4 is 5.97 Å². The molecule has 0 aliphatic rings. The first-order valence-electron chi connectivity index (χ1n) is 11.1. The van der Waals surface area contributed by atoms with Crippen molar-refractivity contribution in [3.05, 3.63) is 11.6 Å². The second kappa shape index (κ2) is 19.5. The van der Waals surface area contributed by atoms with Crippen molar-refractivity contribution in [3.8, 4) is 0 Å². The van der Waals surface area contributed by atoms with Crippen LogP contribution < -0.4 is 0 Å². The molecule has 0 bridgehead atoms. The Balaban J connectivity index is 4.01. The molecular formula is C23H44O2. The molecule has 2 heteroatoms. The lowest BCUT2D eigenvalue weighted by Crippen LogP contribution is -2.06. The van der Waals surface area contributed by atoms with Gasteiger partial charge in [-0.1, -0.05) is 90.2 Å². The number of unbranched alkanes of at least 4 members (excludes halogenated alkanes) is 10. The van der Waals surface area contributed by atoms with E-state index in [1.165, 1.54) is 76.2 Å². The van der Waals surface area contributed by atoms with Crippen LogP contribution >= 0.6 is 0 Å². The van der Waals surface area contributed by atoms with Crippen molar-refractivity contribution in [1.29, 1.82) is 0 Å². The lowest BCUT2D eigenvalue weighted by molar-refractivity contribution is -0.143. The third kappa shape index (κ3) is 17.8. The lowest BCUT2D eigenvalue weighted by Gasteiger charge is -2.09. The molecule has 0 unspecified atom stereocenters. The van der Waals surface area contributed by atoms with Gasteiger partial charge in [0.2, 0.25) is 0 Å². The lowest BCUT2D eigenvalue weighted by atomic mass is 10.0. The summed E-state index contributed by atoms with van der Waals surface area (Å²) in [5, 5.41) is 0. The van der Waals surface area contributed by atoms with Gasteiger partial charge in [0.1, 0.15) is 0 Å². The normalized spacial score (nSPS) is 11.7. The summed E-state index contributed by atoms with van der Waals surface area (Å²) >= 11 is 0. The number of carbonyl (C=O) groups excluding carboxylic acids is 1. The minimum absolute atomic E-state index is 0.0154. The fourth-order valence-electron chi connectivity index (χ4n) is 3.05. The number of ether oxygens (including phenoxy) is 1. The third-order valence-electron chi connectivity index (χ3n) is 4.76. The van der Waals surface area contributed by atoms with Gasteiger partial charge in [-0.05, 0) is 32.1 Å².